The Kier molecular flexibility index (Phi) is 4.34. The van der Waals surface area contributed by atoms with Crippen LogP contribution >= 0.6 is 0 Å². The van der Waals surface area contributed by atoms with Crippen molar-refractivity contribution in [2.45, 2.75) is 24.7 Å². The summed E-state index contributed by atoms with van der Waals surface area (Å²) in [6.45, 7) is 0.0813. The number of β-amino-alcohol motifs (C(OH)–C–C–N with tert-alkyl or cyclic N) is 1. The number of benzene rings is 1. The van der Waals surface area contributed by atoms with E-state index >= 15 is 0 Å². The number of carboxylic acid groups (broad SMARTS) is 1. The van der Waals surface area contributed by atoms with E-state index in [9.17, 15) is 23.1 Å². The minimum Gasteiger partial charge on any atom is -0.476 e. The topological polar surface area (TPSA) is 86.5 Å². The average molecular weight is 353 g/mol. The van der Waals surface area contributed by atoms with E-state index in [2.05, 4.69) is 9.97 Å². The van der Waals surface area contributed by atoms with E-state index in [1.165, 1.54) is 29.3 Å². The van der Waals surface area contributed by atoms with Gasteiger partial charge in [-0.25, -0.2) is 14.8 Å². The van der Waals surface area contributed by atoms with E-state index in [0.29, 0.717) is 0 Å². The van der Waals surface area contributed by atoms with Gasteiger partial charge in [-0.15, -0.1) is 0 Å². The number of hydrogen-bond acceptors (Lipinski definition) is 5. The first-order valence-electron chi connectivity index (χ1n) is 7.43. The van der Waals surface area contributed by atoms with E-state index in [1.807, 2.05) is 0 Å². The Bertz CT molecular complexity index is 780. The molecule has 3 rings (SSSR count). The summed E-state index contributed by atoms with van der Waals surface area (Å²) < 4.78 is 39.9. The van der Waals surface area contributed by atoms with E-state index < -0.39 is 29.9 Å². The third kappa shape index (κ3) is 3.41. The second kappa shape index (κ2) is 6.32. The van der Waals surface area contributed by atoms with E-state index in [0.717, 1.165) is 12.3 Å². The predicted molar refractivity (Wildman–Crippen MR) is 81.1 cm³/mol. The number of aromatic nitrogens is 2. The standard InChI is InChI=1S/C16H14F3N3O3/c17-16(18,19)11-4-2-1-3-10(11)13-5-9(23)8-22(13)14-7-20-12(6-21-14)15(24)25/h1-4,6-7,9,13,23H,5,8H2,(H,24,25). The predicted octanol–water partition coefficient (Wildman–Crippen LogP) is 2.51. The molecule has 0 saturated carbocycles. The molecule has 0 spiro atoms. The fourth-order valence-corrected chi connectivity index (χ4v) is 2.99. The minimum atomic E-state index is -4.52. The van der Waals surface area contributed by atoms with Crippen molar-refractivity contribution in [2.75, 3.05) is 11.4 Å². The maximum atomic E-state index is 13.3. The molecule has 2 atom stereocenters. The molecule has 1 aromatic heterocycles. The number of aliphatic hydroxyl groups excluding tert-OH is 1. The maximum Gasteiger partial charge on any atom is 0.416 e. The highest BCUT2D eigenvalue weighted by Gasteiger charge is 2.40. The number of hydrogen-bond donors (Lipinski definition) is 2. The van der Waals surface area contributed by atoms with Crippen LogP contribution in [-0.4, -0.2) is 38.8 Å². The second-order valence-corrected chi connectivity index (χ2v) is 5.71. The molecule has 2 N–H and O–H groups in total. The quantitative estimate of drug-likeness (QED) is 0.882. The SMILES string of the molecule is O=C(O)c1cnc(N2CC(O)CC2c2ccccc2C(F)(F)F)cn1. The third-order valence-electron chi connectivity index (χ3n) is 4.06. The average Bonchev–Trinajstić information content (AvgIpc) is 2.96. The van der Waals surface area contributed by atoms with Gasteiger partial charge in [0, 0.05) is 6.54 Å². The lowest BCUT2D eigenvalue weighted by Gasteiger charge is -2.27. The van der Waals surface area contributed by atoms with Crippen molar-refractivity contribution in [3.05, 3.63) is 53.5 Å². The number of alkyl halides is 3. The zero-order valence-electron chi connectivity index (χ0n) is 12.8. The molecular weight excluding hydrogens is 339 g/mol. The van der Waals surface area contributed by atoms with Crippen molar-refractivity contribution in [3.8, 4) is 0 Å². The van der Waals surface area contributed by atoms with Crippen molar-refractivity contribution in [3.63, 3.8) is 0 Å². The van der Waals surface area contributed by atoms with Gasteiger partial charge in [-0.05, 0) is 18.1 Å². The molecule has 2 aromatic rings. The molecule has 9 heteroatoms. The molecule has 1 aliphatic heterocycles. The third-order valence-corrected chi connectivity index (χ3v) is 4.06. The second-order valence-electron chi connectivity index (χ2n) is 5.71. The van der Waals surface area contributed by atoms with Crippen LogP contribution in [0.1, 0.15) is 34.1 Å². The summed E-state index contributed by atoms with van der Waals surface area (Å²) in [4.78, 5) is 20.1. The Balaban J connectivity index is 2.00. The summed E-state index contributed by atoms with van der Waals surface area (Å²) in [6.07, 6.45) is -3.02. The monoisotopic (exact) mass is 353 g/mol. The highest BCUT2D eigenvalue weighted by Crippen LogP contribution is 2.41. The largest absolute Gasteiger partial charge is 0.476 e. The molecule has 0 radical (unpaired) electrons. The van der Waals surface area contributed by atoms with Gasteiger partial charge in [0.2, 0.25) is 0 Å². The van der Waals surface area contributed by atoms with Crippen LogP contribution in [0.15, 0.2) is 36.7 Å². The van der Waals surface area contributed by atoms with Crippen LogP contribution in [0.3, 0.4) is 0 Å². The zero-order chi connectivity index (χ0) is 18.2. The number of aromatic carboxylic acids is 1. The molecule has 0 aliphatic carbocycles. The molecule has 1 saturated heterocycles. The van der Waals surface area contributed by atoms with Crippen LogP contribution in [0.4, 0.5) is 19.0 Å². The number of rotatable bonds is 3. The van der Waals surface area contributed by atoms with Crippen LogP contribution in [0.25, 0.3) is 0 Å². The normalized spacial score (nSPS) is 20.7. The lowest BCUT2D eigenvalue weighted by atomic mass is 9.97. The first-order chi connectivity index (χ1) is 11.8. The Hall–Kier alpha value is -2.68. The van der Waals surface area contributed by atoms with Crippen LogP contribution in [0.5, 0.6) is 0 Å². The van der Waals surface area contributed by atoms with Crippen LogP contribution in [0.2, 0.25) is 0 Å². The number of aliphatic hydroxyl groups is 1. The van der Waals surface area contributed by atoms with Crippen molar-refractivity contribution >= 4 is 11.8 Å². The fraction of sp³-hybridized carbons (Fsp3) is 0.312. The maximum absolute atomic E-state index is 13.3. The first kappa shape index (κ1) is 17.2. The molecule has 2 heterocycles. The van der Waals surface area contributed by atoms with Gasteiger partial charge in [0.25, 0.3) is 0 Å². The van der Waals surface area contributed by atoms with Gasteiger partial charge >= 0.3 is 12.1 Å². The lowest BCUT2D eigenvalue weighted by Crippen LogP contribution is -2.27. The van der Waals surface area contributed by atoms with Gasteiger partial charge in [0.15, 0.2) is 5.69 Å². The van der Waals surface area contributed by atoms with Gasteiger partial charge < -0.3 is 15.1 Å². The summed E-state index contributed by atoms with van der Waals surface area (Å²) in [5.41, 5.74) is -0.999. The number of carbonyl (C=O) groups is 1. The Morgan fingerprint density at radius 3 is 2.52 bits per heavy atom. The Labute approximate surface area is 140 Å². The smallest absolute Gasteiger partial charge is 0.416 e. The molecule has 132 valence electrons. The van der Waals surface area contributed by atoms with Gasteiger partial charge in [-0.1, -0.05) is 18.2 Å². The van der Waals surface area contributed by atoms with Crippen LogP contribution in [0, 0.1) is 0 Å². The van der Waals surface area contributed by atoms with Gasteiger partial charge in [0.05, 0.1) is 30.1 Å². The van der Waals surface area contributed by atoms with Crippen molar-refractivity contribution < 1.29 is 28.2 Å². The summed E-state index contributed by atoms with van der Waals surface area (Å²) in [7, 11) is 0. The number of halogens is 3. The van der Waals surface area contributed by atoms with Crippen LogP contribution < -0.4 is 4.90 Å². The van der Waals surface area contributed by atoms with Crippen molar-refractivity contribution in [1.29, 1.82) is 0 Å². The highest BCUT2D eigenvalue weighted by atomic mass is 19.4. The minimum absolute atomic E-state index is 0.0376. The first-order valence-corrected chi connectivity index (χ1v) is 7.43. The number of anilines is 1. The molecule has 1 aliphatic rings. The molecule has 1 fully saturated rings. The fourth-order valence-electron chi connectivity index (χ4n) is 2.99. The van der Waals surface area contributed by atoms with E-state index in [-0.39, 0.29) is 30.0 Å². The zero-order valence-corrected chi connectivity index (χ0v) is 12.8. The number of carboxylic acids is 1. The molecule has 1 aromatic carbocycles. The Morgan fingerprint density at radius 2 is 1.92 bits per heavy atom. The summed E-state index contributed by atoms with van der Waals surface area (Å²) in [5.74, 6) is -1.04. The molecular formula is C16H14F3N3O3. The lowest BCUT2D eigenvalue weighted by molar-refractivity contribution is -0.138. The van der Waals surface area contributed by atoms with E-state index in [1.54, 1.807) is 0 Å². The molecule has 0 amide bonds. The van der Waals surface area contributed by atoms with E-state index in [4.69, 9.17) is 5.11 Å². The Morgan fingerprint density at radius 1 is 1.20 bits per heavy atom. The van der Waals surface area contributed by atoms with Crippen LogP contribution in [-0.2, 0) is 6.18 Å². The van der Waals surface area contributed by atoms with Gasteiger partial charge in [-0.3, -0.25) is 0 Å². The number of nitrogens with zero attached hydrogens (tertiary/aromatic N) is 3. The summed E-state index contributed by atoms with van der Waals surface area (Å²) in [5, 5.41) is 18.8. The van der Waals surface area contributed by atoms with Crippen molar-refractivity contribution in [1.82, 2.24) is 9.97 Å². The van der Waals surface area contributed by atoms with Gasteiger partial charge in [-0.2, -0.15) is 13.2 Å². The summed E-state index contributed by atoms with van der Waals surface area (Å²) >= 11 is 0. The summed E-state index contributed by atoms with van der Waals surface area (Å²) in [6, 6.07) is 4.45. The molecule has 6 nitrogen and oxygen atoms in total. The molecule has 2 unspecified atom stereocenters. The van der Waals surface area contributed by atoms with Gasteiger partial charge in [0.1, 0.15) is 5.82 Å². The molecule has 25 heavy (non-hydrogen) atoms. The molecule has 0 bridgehead atoms. The highest BCUT2D eigenvalue weighted by molar-refractivity contribution is 5.84. The van der Waals surface area contributed by atoms with Crippen molar-refractivity contribution in [2.24, 2.45) is 0 Å².